The van der Waals surface area contributed by atoms with Crippen LogP contribution in [0.1, 0.15) is 42.4 Å². The van der Waals surface area contributed by atoms with Gasteiger partial charge < -0.3 is 15.2 Å². The summed E-state index contributed by atoms with van der Waals surface area (Å²) in [6, 6.07) is 1.15. The van der Waals surface area contributed by atoms with Crippen LogP contribution < -0.4 is 5.32 Å². The highest BCUT2D eigenvalue weighted by Gasteiger charge is 2.73. The van der Waals surface area contributed by atoms with E-state index in [1.165, 1.54) is 11.0 Å². The zero-order valence-corrected chi connectivity index (χ0v) is 15.9. The molecule has 6 nitrogen and oxygen atoms in total. The molecule has 11 heteroatoms. The Labute approximate surface area is 167 Å². The lowest BCUT2D eigenvalue weighted by Gasteiger charge is -2.23. The molecule has 0 unspecified atom stereocenters. The minimum absolute atomic E-state index is 0.0241. The predicted molar refractivity (Wildman–Crippen MR) is 95.8 cm³/mol. The maximum absolute atomic E-state index is 13.6. The Morgan fingerprint density at radius 2 is 2.03 bits per heavy atom. The van der Waals surface area contributed by atoms with Crippen LogP contribution in [0.3, 0.4) is 0 Å². The molecule has 4 rings (SSSR count). The van der Waals surface area contributed by atoms with Gasteiger partial charge in [-0.25, -0.2) is 13.8 Å². The monoisotopic (exact) mass is 430 g/mol. The summed E-state index contributed by atoms with van der Waals surface area (Å²) in [6.07, 6.45) is -3.39. The van der Waals surface area contributed by atoms with Gasteiger partial charge in [0.25, 0.3) is 11.8 Å². The lowest BCUT2D eigenvalue weighted by Crippen LogP contribution is -2.47. The molecule has 30 heavy (non-hydrogen) atoms. The van der Waals surface area contributed by atoms with Crippen LogP contribution in [0.5, 0.6) is 0 Å². The van der Waals surface area contributed by atoms with Crippen molar-refractivity contribution in [3.8, 4) is 0 Å². The number of nitrogens with zero attached hydrogens (tertiary/aromatic N) is 2. The molecule has 2 aromatic heterocycles. The van der Waals surface area contributed by atoms with Crippen molar-refractivity contribution >= 4 is 22.7 Å². The van der Waals surface area contributed by atoms with Crippen LogP contribution in [0.25, 0.3) is 10.9 Å². The third kappa shape index (κ3) is 3.39. The number of carbonyl (C=O) groups excluding carboxylic acids is 2. The topological polar surface area (TPSA) is 78.1 Å². The second-order valence-corrected chi connectivity index (χ2v) is 7.94. The van der Waals surface area contributed by atoms with Gasteiger partial charge in [-0.1, -0.05) is 6.92 Å². The van der Waals surface area contributed by atoms with Crippen LogP contribution in [0.2, 0.25) is 0 Å². The highest BCUT2D eigenvalue weighted by Crippen LogP contribution is 2.65. The van der Waals surface area contributed by atoms with Gasteiger partial charge >= 0.3 is 6.18 Å². The van der Waals surface area contributed by atoms with Crippen molar-refractivity contribution in [2.24, 2.45) is 5.41 Å². The number of hydrogen-bond acceptors (Lipinski definition) is 3. The Morgan fingerprint density at radius 1 is 1.33 bits per heavy atom. The first-order chi connectivity index (χ1) is 14.0. The van der Waals surface area contributed by atoms with Crippen LogP contribution >= 0.6 is 0 Å². The number of carbonyl (C=O) groups is 2. The molecule has 3 heterocycles. The summed E-state index contributed by atoms with van der Waals surface area (Å²) in [4.78, 5) is 32.6. The van der Waals surface area contributed by atoms with Gasteiger partial charge in [0.15, 0.2) is 0 Å². The Bertz CT molecular complexity index is 1020. The standard InChI is InChI=1S/C19H19F5N4O2/c1-2-11(16(30)28-4-3-17(9-28)8-18(17,20)21)27-15(29)12-5-10-6-14(19(22,23)24)25-7-13(10)26-12/h5-7,11,26H,2-4,8-9H2,1H3,(H,27,29)/t11-,17+/m0/s1. The van der Waals surface area contributed by atoms with Gasteiger partial charge in [-0.3, -0.25) is 9.59 Å². The largest absolute Gasteiger partial charge is 0.433 e. The number of amides is 2. The fourth-order valence-corrected chi connectivity index (χ4v) is 3.99. The lowest BCUT2D eigenvalue weighted by molar-refractivity contribution is -0.141. The van der Waals surface area contributed by atoms with E-state index < -0.39 is 41.1 Å². The number of hydrogen-bond donors (Lipinski definition) is 2. The first kappa shape index (κ1) is 20.5. The fourth-order valence-electron chi connectivity index (χ4n) is 3.99. The molecule has 0 bridgehead atoms. The summed E-state index contributed by atoms with van der Waals surface area (Å²) >= 11 is 0. The third-order valence-corrected chi connectivity index (χ3v) is 5.93. The van der Waals surface area contributed by atoms with E-state index in [0.717, 1.165) is 12.3 Å². The van der Waals surface area contributed by atoms with Crippen molar-refractivity contribution in [1.29, 1.82) is 0 Å². The fraction of sp³-hybridized carbons (Fsp3) is 0.526. The van der Waals surface area contributed by atoms with Gasteiger partial charge in [-0.2, -0.15) is 13.2 Å². The molecule has 2 aliphatic rings. The average Bonchev–Trinajstić information content (AvgIpc) is 3.04. The summed E-state index contributed by atoms with van der Waals surface area (Å²) in [5.41, 5.74) is -2.00. The van der Waals surface area contributed by atoms with Crippen molar-refractivity contribution in [2.45, 2.75) is 44.3 Å². The molecule has 1 saturated heterocycles. The van der Waals surface area contributed by atoms with Crippen LogP contribution in [0.4, 0.5) is 22.0 Å². The van der Waals surface area contributed by atoms with Gasteiger partial charge in [-0.05, 0) is 25.0 Å². The maximum atomic E-state index is 13.6. The molecule has 0 aromatic carbocycles. The molecule has 1 aliphatic carbocycles. The third-order valence-electron chi connectivity index (χ3n) is 5.93. The molecular formula is C19H19F5N4O2. The van der Waals surface area contributed by atoms with E-state index in [9.17, 15) is 31.5 Å². The van der Waals surface area contributed by atoms with Crippen molar-refractivity contribution < 1.29 is 31.5 Å². The van der Waals surface area contributed by atoms with Crippen molar-refractivity contribution in [2.75, 3.05) is 13.1 Å². The van der Waals surface area contributed by atoms with Gasteiger partial charge in [-0.15, -0.1) is 0 Å². The molecule has 1 aliphatic heterocycles. The summed E-state index contributed by atoms with van der Waals surface area (Å²) < 4.78 is 65.5. The summed E-state index contributed by atoms with van der Waals surface area (Å²) in [5, 5.41) is 2.69. The molecule has 162 valence electrons. The van der Waals surface area contributed by atoms with E-state index in [0.29, 0.717) is 0 Å². The Kier molecular flexibility index (Phi) is 4.55. The van der Waals surface area contributed by atoms with E-state index in [1.54, 1.807) is 6.92 Å². The predicted octanol–water partition coefficient (Wildman–Crippen LogP) is 3.35. The lowest BCUT2D eigenvalue weighted by atomic mass is 10.1. The van der Waals surface area contributed by atoms with E-state index in [1.807, 2.05) is 0 Å². The molecule has 2 atom stereocenters. The van der Waals surface area contributed by atoms with Crippen molar-refractivity contribution in [1.82, 2.24) is 20.2 Å². The maximum Gasteiger partial charge on any atom is 0.433 e. The number of halogens is 5. The number of pyridine rings is 1. The summed E-state index contributed by atoms with van der Waals surface area (Å²) in [7, 11) is 0. The molecule has 0 radical (unpaired) electrons. The molecule has 2 fully saturated rings. The van der Waals surface area contributed by atoms with Gasteiger partial charge in [0.05, 0.1) is 17.1 Å². The first-order valence-electron chi connectivity index (χ1n) is 9.49. The van der Waals surface area contributed by atoms with E-state index in [2.05, 4.69) is 15.3 Å². The molecule has 2 N–H and O–H groups in total. The number of H-pyrrole nitrogens is 1. The molecular weight excluding hydrogens is 411 g/mol. The molecule has 1 saturated carbocycles. The van der Waals surface area contributed by atoms with Crippen LogP contribution in [0.15, 0.2) is 18.3 Å². The van der Waals surface area contributed by atoms with Crippen LogP contribution in [-0.2, 0) is 11.0 Å². The number of rotatable bonds is 4. The smallest absolute Gasteiger partial charge is 0.349 e. The SMILES string of the molecule is CC[C@H](NC(=O)c1cc2cc(C(F)(F)F)ncc2[nH]1)C(=O)N1CC[C@]2(C1)CC2(F)F. The Balaban J connectivity index is 1.46. The molecule has 2 aromatic rings. The highest BCUT2D eigenvalue weighted by molar-refractivity contribution is 6.00. The second-order valence-electron chi connectivity index (χ2n) is 7.94. The minimum atomic E-state index is -4.61. The number of likely N-dealkylation sites (tertiary alicyclic amines) is 1. The van der Waals surface area contributed by atoms with E-state index >= 15 is 0 Å². The molecule has 2 amide bonds. The summed E-state index contributed by atoms with van der Waals surface area (Å²) in [5.74, 6) is -3.87. The average molecular weight is 430 g/mol. The van der Waals surface area contributed by atoms with Crippen molar-refractivity contribution in [3.05, 3.63) is 29.7 Å². The number of aromatic nitrogens is 2. The normalized spacial score (nSPS) is 23.7. The van der Waals surface area contributed by atoms with E-state index in [-0.39, 0.29) is 48.9 Å². The van der Waals surface area contributed by atoms with E-state index in [4.69, 9.17) is 0 Å². The minimum Gasteiger partial charge on any atom is -0.349 e. The summed E-state index contributed by atoms with van der Waals surface area (Å²) in [6.45, 7) is 1.84. The van der Waals surface area contributed by atoms with Crippen molar-refractivity contribution in [3.63, 3.8) is 0 Å². The number of aromatic amines is 1. The molecule has 1 spiro atoms. The zero-order chi connectivity index (χ0) is 21.9. The quantitative estimate of drug-likeness (QED) is 0.731. The zero-order valence-electron chi connectivity index (χ0n) is 15.9. The number of alkyl halides is 5. The van der Waals surface area contributed by atoms with Crippen LogP contribution in [-0.4, -0.2) is 51.7 Å². The van der Waals surface area contributed by atoms with Crippen LogP contribution in [0, 0.1) is 5.41 Å². The number of fused-ring (bicyclic) bond motifs is 1. The van der Waals surface area contributed by atoms with Gasteiger partial charge in [0.1, 0.15) is 17.4 Å². The Morgan fingerprint density at radius 3 is 2.60 bits per heavy atom. The Hall–Kier alpha value is -2.72. The first-order valence-corrected chi connectivity index (χ1v) is 9.49. The number of nitrogens with one attached hydrogen (secondary N) is 2. The second kappa shape index (κ2) is 6.64. The van der Waals surface area contributed by atoms with Gasteiger partial charge in [0.2, 0.25) is 5.91 Å². The van der Waals surface area contributed by atoms with Gasteiger partial charge in [0, 0.05) is 24.9 Å². The highest BCUT2D eigenvalue weighted by atomic mass is 19.4.